The van der Waals surface area contributed by atoms with Gasteiger partial charge in [0.1, 0.15) is 0 Å². The fourth-order valence-electron chi connectivity index (χ4n) is 1.66. The number of benzene rings is 1. The Kier molecular flexibility index (Phi) is 8.03. The van der Waals surface area contributed by atoms with E-state index in [1.54, 1.807) is 6.92 Å². The van der Waals surface area contributed by atoms with Gasteiger partial charge >= 0.3 is 17.7 Å². The highest BCUT2D eigenvalue weighted by Crippen LogP contribution is 2.30. The van der Waals surface area contributed by atoms with Gasteiger partial charge in [0.2, 0.25) is 0 Å². The summed E-state index contributed by atoms with van der Waals surface area (Å²) < 4.78 is 14.7. The molecule has 1 aromatic rings. The Labute approximate surface area is 139 Å². The maximum atomic E-state index is 11.5. The normalized spacial score (nSPS) is 9.92. The largest absolute Gasteiger partial charge is 0.475 e. The zero-order valence-corrected chi connectivity index (χ0v) is 13.6. The van der Waals surface area contributed by atoms with Crippen molar-refractivity contribution in [2.45, 2.75) is 26.7 Å². The number of ether oxygens (including phenoxy) is 3. The van der Waals surface area contributed by atoms with Gasteiger partial charge in [-0.25, -0.2) is 9.59 Å². The van der Waals surface area contributed by atoms with Crippen molar-refractivity contribution in [3.63, 3.8) is 0 Å². The van der Waals surface area contributed by atoms with E-state index in [9.17, 15) is 19.7 Å². The Morgan fingerprint density at radius 1 is 1.25 bits per heavy atom. The minimum absolute atomic E-state index is 0.0991. The summed E-state index contributed by atoms with van der Waals surface area (Å²) in [5.41, 5.74) is -0.197. The number of esters is 1. The molecule has 0 saturated carbocycles. The topological polar surface area (TPSA) is 117 Å². The lowest BCUT2D eigenvalue weighted by Gasteiger charge is -2.09. The van der Waals surface area contributed by atoms with Crippen LogP contribution in [0.1, 0.15) is 26.7 Å². The van der Waals surface area contributed by atoms with Crippen LogP contribution < -0.4 is 10.1 Å². The number of nitrogens with one attached hydrogen (secondary N) is 1. The second kappa shape index (κ2) is 10.0. The molecule has 1 rings (SSSR count). The number of anilines is 1. The average molecular weight is 340 g/mol. The summed E-state index contributed by atoms with van der Waals surface area (Å²) >= 11 is 0. The second-order valence-electron chi connectivity index (χ2n) is 4.65. The Hall–Kier alpha value is -2.84. The molecule has 0 heterocycles. The van der Waals surface area contributed by atoms with Crippen LogP contribution in [-0.2, 0) is 14.3 Å². The van der Waals surface area contributed by atoms with E-state index in [0.717, 1.165) is 18.9 Å². The smallest absolute Gasteiger partial charge is 0.411 e. The van der Waals surface area contributed by atoms with Crippen molar-refractivity contribution in [3.8, 4) is 5.75 Å². The first-order chi connectivity index (χ1) is 11.5. The predicted molar refractivity (Wildman–Crippen MR) is 85.1 cm³/mol. The Morgan fingerprint density at radius 3 is 2.62 bits per heavy atom. The van der Waals surface area contributed by atoms with Crippen LogP contribution in [0.4, 0.5) is 16.2 Å². The summed E-state index contributed by atoms with van der Waals surface area (Å²) in [5, 5.41) is 13.5. The van der Waals surface area contributed by atoms with Crippen LogP contribution in [0.5, 0.6) is 5.75 Å². The molecule has 0 saturated heterocycles. The summed E-state index contributed by atoms with van der Waals surface area (Å²) in [6, 6.07) is 3.83. The van der Waals surface area contributed by atoms with Gasteiger partial charge < -0.3 is 14.2 Å². The SMILES string of the molecule is CCCCOC(=O)Nc1ccc(OCC(=O)OCC)c([N+](=O)[O-])c1. The monoisotopic (exact) mass is 340 g/mol. The van der Waals surface area contributed by atoms with Crippen LogP contribution in [0.25, 0.3) is 0 Å². The number of carbonyl (C=O) groups is 2. The summed E-state index contributed by atoms with van der Waals surface area (Å²) in [5.74, 6) is -0.730. The molecule has 0 aliphatic rings. The molecule has 0 atom stereocenters. The molecule has 0 aliphatic carbocycles. The van der Waals surface area contributed by atoms with Gasteiger partial charge in [0.15, 0.2) is 12.4 Å². The number of amides is 1. The van der Waals surface area contributed by atoms with Gasteiger partial charge in [-0.05, 0) is 25.5 Å². The van der Waals surface area contributed by atoms with E-state index in [1.807, 2.05) is 6.92 Å². The van der Waals surface area contributed by atoms with Crippen molar-refractivity contribution >= 4 is 23.4 Å². The van der Waals surface area contributed by atoms with Gasteiger partial charge in [0.05, 0.1) is 23.8 Å². The van der Waals surface area contributed by atoms with Gasteiger partial charge in [-0.1, -0.05) is 13.3 Å². The van der Waals surface area contributed by atoms with E-state index in [1.165, 1.54) is 12.1 Å². The van der Waals surface area contributed by atoms with Gasteiger partial charge in [-0.3, -0.25) is 15.4 Å². The molecule has 0 bridgehead atoms. The highest BCUT2D eigenvalue weighted by atomic mass is 16.6. The molecule has 132 valence electrons. The maximum Gasteiger partial charge on any atom is 0.411 e. The molecule has 0 radical (unpaired) electrons. The Balaban J connectivity index is 2.74. The standard InChI is InChI=1S/C15H20N2O7/c1-3-5-8-23-15(19)16-11-6-7-13(12(9-11)17(20)21)24-10-14(18)22-4-2/h6-7,9H,3-5,8,10H2,1-2H3,(H,16,19). The zero-order chi connectivity index (χ0) is 17.9. The van der Waals surface area contributed by atoms with E-state index >= 15 is 0 Å². The highest BCUT2D eigenvalue weighted by molar-refractivity contribution is 5.85. The van der Waals surface area contributed by atoms with E-state index < -0.39 is 23.6 Å². The molecule has 0 aliphatic heterocycles. The van der Waals surface area contributed by atoms with Crippen molar-refractivity contribution in [1.82, 2.24) is 0 Å². The predicted octanol–water partition coefficient (Wildman–Crippen LogP) is 2.89. The lowest BCUT2D eigenvalue weighted by Crippen LogP contribution is -2.16. The van der Waals surface area contributed by atoms with Crippen molar-refractivity contribution in [3.05, 3.63) is 28.3 Å². The quantitative estimate of drug-likeness (QED) is 0.318. The van der Waals surface area contributed by atoms with Crippen molar-refractivity contribution in [2.75, 3.05) is 25.1 Å². The van der Waals surface area contributed by atoms with Crippen LogP contribution in [0, 0.1) is 10.1 Å². The first-order valence-corrected chi connectivity index (χ1v) is 7.48. The molecule has 0 spiro atoms. The molecule has 24 heavy (non-hydrogen) atoms. The van der Waals surface area contributed by atoms with E-state index in [2.05, 4.69) is 10.1 Å². The molecule has 1 aromatic carbocycles. The molecule has 0 unspecified atom stereocenters. The molecule has 1 N–H and O–H groups in total. The number of nitro groups is 1. The summed E-state index contributed by atoms with van der Waals surface area (Å²) in [4.78, 5) is 33.2. The number of rotatable bonds is 9. The average Bonchev–Trinajstić information content (AvgIpc) is 2.54. The Morgan fingerprint density at radius 2 is 2.00 bits per heavy atom. The fourth-order valence-corrected chi connectivity index (χ4v) is 1.66. The molecule has 1 amide bonds. The van der Waals surface area contributed by atoms with Gasteiger partial charge in [-0.2, -0.15) is 0 Å². The van der Waals surface area contributed by atoms with Gasteiger partial charge in [0, 0.05) is 6.07 Å². The van der Waals surface area contributed by atoms with Crippen molar-refractivity contribution in [1.29, 1.82) is 0 Å². The summed E-state index contributed by atoms with van der Waals surface area (Å²) in [6.07, 6.45) is 0.914. The molecular formula is C15H20N2O7. The van der Waals surface area contributed by atoms with Crippen molar-refractivity contribution in [2.24, 2.45) is 0 Å². The lowest BCUT2D eigenvalue weighted by atomic mass is 10.2. The molecule has 9 nitrogen and oxygen atoms in total. The molecular weight excluding hydrogens is 320 g/mol. The van der Waals surface area contributed by atoms with E-state index in [-0.39, 0.29) is 30.3 Å². The second-order valence-corrected chi connectivity index (χ2v) is 4.65. The zero-order valence-electron chi connectivity index (χ0n) is 13.6. The van der Waals surface area contributed by atoms with Crippen LogP contribution in [0.2, 0.25) is 0 Å². The number of hydrogen-bond donors (Lipinski definition) is 1. The molecule has 0 aromatic heterocycles. The van der Waals surface area contributed by atoms with E-state index in [4.69, 9.17) is 9.47 Å². The fraction of sp³-hybridized carbons (Fsp3) is 0.467. The van der Waals surface area contributed by atoms with Crippen LogP contribution in [0.3, 0.4) is 0 Å². The maximum absolute atomic E-state index is 11.5. The number of nitro benzene ring substituents is 1. The minimum Gasteiger partial charge on any atom is -0.475 e. The lowest BCUT2D eigenvalue weighted by molar-refractivity contribution is -0.385. The Bertz CT molecular complexity index is 589. The van der Waals surface area contributed by atoms with Crippen LogP contribution in [0.15, 0.2) is 18.2 Å². The van der Waals surface area contributed by atoms with E-state index in [0.29, 0.717) is 0 Å². The third-order valence-corrected chi connectivity index (χ3v) is 2.78. The number of unbranched alkanes of at least 4 members (excludes halogenated alkanes) is 1. The molecule has 9 heteroatoms. The number of nitrogens with zero attached hydrogens (tertiary/aromatic N) is 1. The highest BCUT2D eigenvalue weighted by Gasteiger charge is 2.18. The number of hydrogen-bond acceptors (Lipinski definition) is 7. The first-order valence-electron chi connectivity index (χ1n) is 7.48. The van der Waals surface area contributed by atoms with Gasteiger partial charge in [-0.15, -0.1) is 0 Å². The minimum atomic E-state index is -0.696. The summed E-state index contributed by atoms with van der Waals surface area (Å²) in [7, 11) is 0. The van der Waals surface area contributed by atoms with Crippen molar-refractivity contribution < 1.29 is 28.7 Å². The first kappa shape index (κ1) is 19.2. The number of carbonyl (C=O) groups excluding carboxylic acids is 2. The van der Waals surface area contributed by atoms with Gasteiger partial charge in [0.25, 0.3) is 0 Å². The molecule has 0 fully saturated rings. The van der Waals surface area contributed by atoms with Crippen LogP contribution >= 0.6 is 0 Å². The third kappa shape index (κ3) is 6.51. The van der Waals surface area contributed by atoms with Crippen LogP contribution in [-0.4, -0.2) is 36.8 Å². The third-order valence-electron chi connectivity index (χ3n) is 2.78. The summed E-state index contributed by atoms with van der Waals surface area (Å²) in [6.45, 7) is 3.61.